The van der Waals surface area contributed by atoms with Crippen LogP contribution in [0.3, 0.4) is 0 Å². The fraction of sp³-hybridized carbons (Fsp3) is 0.467. The minimum atomic E-state index is -0.395. The van der Waals surface area contributed by atoms with Crippen LogP contribution in [0, 0.1) is 0 Å². The lowest BCUT2D eigenvalue weighted by molar-refractivity contribution is -0.126. The summed E-state index contributed by atoms with van der Waals surface area (Å²) in [5, 5.41) is 8.95. The van der Waals surface area contributed by atoms with Crippen LogP contribution in [0.4, 0.5) is 5.69 Å². The van der Waals surface area contributed by atoms with E-state index in [4.69, 9.17) is 0 Å². The number of hydrogen-bond donors (Lipinski definition) is 3. The summed E-state index contributed by atoms with van der Waals surface area (Å²) in [5.74, 6) is -0.589. The summed E-state index contributed by atoms with van der Waals surface area (Å²) in [7, 11) is 0. The predicted molar refractivity (Wildman–Crippen MR) is 85.8 cm³/mol. The van der Waals surface area contributed by atoms with Crippen molar-refractivity contribution >= 4 is 29.9 Å². The molecule has 0 aromatic heterocycles. The van der Waals surface area contributed by atoms with Crippen LogP contribution in [-0.2, 0) is 9.59 Å². The zero-order valence-electron chi connectivity index (χ0n) is 12.3. The second kappa shape index (κ2) is 8.00. The number of anilines is 1. The Hall–Kier alpha value is -1.59. The van der Waals surface area contributed by atoms with Gasteiger partial charge in [-0.3, -0.25) is 9.59 Å². The van der Waals surface area contributed by atoms with E-state index in [0.717, 1.165) is 17.8 Å². The summed E-state index contributed by atoms with van der Waals surface area (Å²) in [4.78, 5) is 24.0. The van der Waals surface area contributed by atoms with Crippen molar-refractivity contribution in [1.29, 1.82) is 0 Å². The number of hydrogen-bond acceptors (Lipinski definition) is 3. The predicted octanol–water partition coefficient (Wildman–Crippen LogP) is 1.65. The van der Waals surface area contributed by atoms with E-state index in [1.165, 1.54) is 0 Å². The number of para-hydroxylation sites is 1. The summed E-state index contributed by atoms with van der Waals surface area (Å²) in [5.41, 5.74) is 1.63. The van der Waals surface area contributed by atoms with Gasteiger partial charge in [-0.05, 0) is 25.1 Å². The Morgan fingerprint density at radius 1 is 1.43 bits per heavy atom. The van der Waals surface area contributed by atoms with Gasteiger partial charge < -0.3 is 16.0 Å². The number of fused-ring (bicyclic) bond motifs is 1. The third kappa shape index (κ3) is 4.44. The molecule has 0 fully saturated rings. The highest BCUT2D eigenvalue weighted by atomic mass is 35.5. The molecule has 2 rings (SSSR count). The summed E-state index contributed by atoms with van der Waals surface area (Å²) < 4.78 is 0. The number of likely N-dealkylation sites (N-methyl/N-ethyl adjacent to an activating group) is 1. The van der Waals surface area contributed by atoms with Gasteiger partial charge in [0.2, 0.25) is 11.8 Å². The van der Waals surface area contributed by atoms with E-state index in [2.05, 4.69) is 16.0 Å². The van der Waals surface area contributed by atoms with E-state index in [9.17, 15) is 9.59 Å². The number of nitrogens with one attached hydrogen (secondary N) is 3. The minimum absolute atomic E-state index is 0. The molecule has 1 aliphatic rings. The highest BCUT2D eigenvalue weighted by molar-refractivity contribution is 6.01. The molecule has 1 aromatic carbocycles. The molecule has 0 bridgehead atoms. The molecule has 3 N–H and O–H groups in total. The SMILES string of the molecule is CCN[C@H](C)CNC(=O)C1CC(=O)Nc2ccccc21.Cl. The highest BCUT2D eigenvalue weighted by Crippen LogP contribution is 2.31. The molecule has 2 amide bonds. The Bertz CT molecular complexity index is 507. The first kappa shape index (κ1) is 17.5. The van der Waals surface area contributed by atoms with Gasteiger partial charge in [0.1, 0.15) is 0 Å². The molecule has 21 heavy (non-hydrogen) atoms. The van der Waals surface area contributed by atoms with Crippen LogP contribution >= 0.6 is 12.4 Å². The second-order valence-corrected chi connectivity index (χ2v) is 5.10. The smallest absolute Gasteiger partial charge is 0.228 e. The molecule has 116 valence electrons. The quantitative estimate of drug-likeness (QED) is 0.774. The van der Waals surface area contributed by atoms with Crippen molar-refractivity contribution in [1.82, 2.24) is 10.6 Å². The molecule has 1 aliphatic heterocycles. The van der Waals surface area contributed by atoms with Gasteiger partial charge in [-0.15, -0.1) is 12.4 Å². The number of halogens is 1. The standard InChI is InChI=1S/C15H21N3O2.ClH/c1-3-16-10(2)9-17-15(20)12-8-14(19)18-13-7-5-4-6-11(12)13;/h4-7,10,12,16H,3,8-9H2,1-2H3,(H,17,20)(H,18,19);1H/t10-,12?;/m1./s1. The molecular weight excluding hydrogens is 290 g/mol. The molecule has 0 spiro atoms. The molecule has 0 aliphatic carbocycles. The van der Waals surface area contributed by atoms with E-state index in [-0.39, 0.29) is 36.7 Å². The molecule has 6 heteroatoms. The average molecular weight is 312 g/mol. The Labute approximate surface area is 131 Å². The van der Waals surface area contributed by atoms with Gasteiger partial charge in [0.05, 0.1) is 5.92 Å². The molecule has 0 saturated carbocycles. The number of carbonyl (C=O) groups excluding carboxylic acids is 2. The Morgan fingerprint density at radius 3 is 2.86 bits per heavy atom. The van der Waals surface area contributed by atoms with Gasteiger partial charge in [-0.2, -0.15) is 0 Å². The summed E-state index contributed by atoms with van der Waals surface area (Å²) in [6.07, 6.45) is 0.207. The lowest BCUT2D eigenvalue weighted by atomic mass is 9.90. The van der Waals surface area contributed by atoms with Gasteiger partial charge in [0.15, 0.2) is 0 Å². The zero-order valence-corrected chi connectivity index (χ0v) is 13.1. The topological polar surface area (TPSA) is 70.2 Å². The first-order valence-corrected chi connectivity index (χ1v) is 7.01. The lowest BCUT2D eigenvalue weighted by Crippen LogP contribution is -2.42. The first-order valence-electron chi connectivity index (χ1n) is 7.01. The van der Waals surface area contributed by atoms with Crippen molar-refractivity contribution in [2.75, 3.05) is 18.4 Å². The minimum Gasteiger partial charge on any atom is -0.354 e. The molecule has 1 unspecified atom stereocenters. The van der Waals surface area contributed by atoms with Crippen LogP contribution in [-0.4, -0.2) is 30.9 Å². The van der Waals surface area contributed by atoms with E-state index in [1.54, 1.807) is 0 Å². The molecule has 1 heterocycles. The van der Waals surface area contributed by atoms with Crippen molar-refractivity contribution in [3.8, 4) is 0 Å². The lowest BCUT2D eigenvalue weighted by Gasteiger charge is -2.25. The third-order valence-electron chi connectivity index (χ3n) is 3.45. The van der Waals surface area contributed by atoms with Gasteiger partial charge in [-0.1, -0.05) is 25.1 Å². The van der Waals surface area contributed by atoms with Crippen LogP contribution in [0.2, 0.25) is 0 Å². The third-order valence-corrected chi connectivity index (χ3v) is 3.45. The van der Waals surface area contributed by atoms with E-state index in [0.29, 0.717) is 6.54 Å². The first-order chi connectivity index (χ1) is 9.61. The maximum Gasteiger partial charge on any atom is 0.228 e. The summed E-state index contributed by atoms with van der Waals surface area (Å²) >= 11 is 0. The molecule has 2 atom stereocenters. The molecular formula is C15H22ClN3O2. The van der Waals surface area contributed by atoms with Gasteiger partial charge in [0, 0.05) is 24.7 Å². The molecule has 5 nitrogen and oxygen atoms in total. The van der Waals surface area contributed by atoms with Crippen molar-refractivity contribution in [2.24, 2.45) is 0 Å². The van der Waals surface area contributed by atoms with Crippen LogP contribution in [0.1, 0.15) is 31.7 Å². The normalized spacial score (nSPS) is 18.0. The van der Waals surface area contributed by atoms with Crippen molar-refractivity contribution < 1.29 is 9.59 Å². The van der Waals surface area contributed by atoms with Crippen LogP contribution in [0.25, 0.3) is 0 Å². The maximum absolute atomic E-state index is 12.3. The van der Waals surface area contributed by atoms with Crippen LogP contribution < -0.4 is 16.0 Å². The van der Waals surface area contributed by atoms with Gasteiger partial charge >= 0.3 is 0 Å². The van der Waals surface area contributed by atoms with Crippen LogP contribution in [0.15, 0.2) is 24.3 Å². The number of amides is 2. The largest absolute Gasteiger partial charge is 0.354 e. The van der Waals surface area contributed by atoms with Crippen LogP contribution in [0.5, 0.6) is 0 Å². The second-order valence-electron chi connectivity index (χ2n) is 5.10. The Balaban J connectivity index is 0.00000220. The summed E-state index contributed by atoms with van der Waals surface area (Å²) in [6.45, 7) is 5.48. The van der Waals surface area contributed by atoms with E-state index in [1.807, 2.05) is 38.1 Å². The molecule has 0 radical (unpaired) electrons. The Kier molecular flexibility index (Phi) is 6.65. The fourth-order valence-electron chi connectivity index (χ4n) is 2.44. The number of rotatable bonds is 5. The number of carbonyl (C=O) groups is 2. The fourth-order valence-corrected chi connectivity index (χ4v) is 2.44. The summed E-state index contributed by atoms with van der Waals surface area (Å²) in [6, 6.07) is 7.68. The van der Waals surface area contributed by atoms with Crippen molar-refractivity contribution in [3.05, 3.63) is 29.8 Å². The van der Waals surface area contributed by atoms with Crippen molar-refractivity contribution in [3.63, 3.8) is 0 Å². The average Bonchev–Trinajstić information content (AvgIpc) is 2.44. The van der Waals surface area contributed by atoms with Crippen molar-refractivity contribution in [2.45, 2.75) is 32.2 Å². The van der Waals surface area contributed by atoms with E-state index < -0.39 is 5.92 Å². The highest BCUT2D eigenvalue weighted by Gasteiger charge is 2.30. The maximum atomic E-state index is 12.3. The number of benzene rings is 1. The van der Waals surface area contributed by atoms with Gasteiger partial charge in [0.25, 0.3) is 0 Å². The molecule has 0 saturated heterocycles. The monoisotopic (exact) mass is 311 g/mol. The van der Waals surface area contributed by atoms with E-state index >= 15 is 0 Å². The Morgan fingerprint density at radius 2 is 2.14 bits per heavy atom. The molecule has 1 aromatic rings. The zero-order chi connectivity index (χ0) is 14.5. The van der Waals surface area contributed by atoms with Gasteiger partial charge in [-0.25, -0.2) is 0 Å².